The summed E-state index contributed by atoms with van der Waals surface area (Å²) >= 11 is 0. The van der Waals surface area contributed by atoms with E-state index in [1.54, 1.807) is 0 Å². The van der Waals surface area contributed by atoms with Crippen molar-refractivity contribution < 1.29 is 0 Å². The maximum Gasteiger partial charge on any atom is 0.00967 e. The number of hydrogen-bond donors (Lipinski definition) is 1. The van der Waals surface area contributed by atoms with Crippen molar-refractivity contribution in [3.63, 3.8) is 0 Å². The van der Waals surface area contributed by atoms with Gasteiger partial charge in [0.05, 0.1) is 0 Å². The number of nitrogens with one attached hydrogen (secondary N) is 1. The molecule has 0 spiro atoms. The van der Waals surface area contributed by atoms with Crippen LogP contribution in [0.5, 0.6) is 0 Å². The van der Waals surface area contributed by atoms with Crippen molar-refractivity contribution in [1.29, 1.82) is 0 Å². The van der Waals surface area contributed by atoms with Crippen molar-refractivity contribution in [2.45, 2.75) is 79.7 Å². The van der Waals surface area contributed by atoms with Crippen LogP contribution in [0.25, 0.3) is 0 Å². The lowest BCUT2D eigenvalue weighted by Gasteiger charge is -2.45. The molecular formula is C19H40N2. The van der Waals surface area contributed by atoms with E-state index in [0.717, 1.165) is 12.5 Å². The maximum atomic E-state index is 3.79. The number of nitrogens with zero attached hydrogens (tertiary/aromatic N) is 1. The number of rotatable bonds is 5. The van der Waals surface area contributed by atoms with Crippen molar-refractivity contribution in [3.8, 4) is 0 Å². The average Bonchev–Trinajstić information content (AvgIpc) is 2.22. The molecule has 0 amide bonds. The minimum Gasteiger partial charge on any atom is -0.311 e. The molecule has 0 aromatic rings. The average molecular weight is 297 g/mol. The first-order valence-electron chi connectivity index (χ1n) is 8.84. The molecule has 1 fully saturated rings. The molecule has 0 aromatic heterocycles. The highest BCUT2D eigenvalue weighted by molar-refractivity contribution is 4.91. The normalized spacial score (nSPS) is 28.1. The molecule has 2 unspecified atom stereocenters. The smallest absolute Gasteiger partial charge is 0.00967 e. The molecule has 1 N–H and O–H groups in total. The first-order chi connectivity index (χ1) is 9.41. The standard InChI is InChI=1S/C19H40N2/c1-16-10-9-11-19(12-16,13-20-18(5,6)7)15-21(8)14-17(2,3)4/h16,20H,9-15H2,1-8H3. The molecule has 0 bridgehead atoms. The van der Waals surface area contributed by atoms with Crippen LogP contribution in [0.3, 0.4) is 0 Å². The van der Waals surface area contributed by atoms with Gasteiger partial charge < -0.3 is 10.2 Å². The summed E-state index contributed by atoms with van der Waals surface area (Å²) in [4.78, 5) is 2.57. The zero-order valence-corrected chi connectivity index (χ0v) is 16.0. The third-order valence-electron chi connectivity index (χ3n) is 4.53. The van der Waals surface area contributed by atoms with Crippen molar-refractivity contribution in [1.82, 2.24) is 10.2 Å². The SMILES string of the molecule is CC1CCCC(CNC(C)(C)C)(CN(C)CC(C)(C)C)C1. The van der Waals surface area contributed by atoms with Crippen LogP contribution >= 0.6 is 0 Å². The molecular weight excluding hydrogens is 256 g/mol. The van der Waals surface area contributed by atoms with Gasteiger partial charge in [0.15, 0.2) is 0 Å². The minimum atomic E-state index is 0.219. The molecule has 21 heavy (non-hydrogen) atoms. The van der Waals surface area contributed by atoms with Crippen LogP contribution < -0.4 is 5.32 Å². The summed E-state index contributed by atoms with van der Waals surface area (Å²) < 4.78 is 0. The molecule has 0 heterocycles. The van der Waals surface area contributed by atoms with Gasteiger partial charge in [-0.2, -0.15) is 0 Å². The van der Waals surface area contributed by atoms with Crippen molar-refractivity contribution in [2.75, 3.05) is 26.7 Å². The van der Waals surface area contributed by atoms with Crippen LogP contribution in [0.2, 0.25) is 0 Å². The van der Waals surface area contributed by atoms with E-state index < -0.39 is 0 Å². The third kappa shape index (κ3) is 7.65. The van der Waals surface area contributed by atoms with E-state index in [4.69, 9.17) is 0 Å². The molecule has 0 radical (unpaired) electrons. The predicted octanol–water partition coefficient (Wildman–Crippen LogP) is 4.55. The second-order valence-electron chi connectivity index (χ2n) is 10.0. The van der Waals surface area contributed by atoms with Gasteiger partial charge in [-0.25, -0.2) is 0 Å². The Morgan fingerprint density at radius 3 is 2.24 bits per heavy atom. The van der Waals surface area contributed by atoms with E-state index in [9.17, 15) is 0 Å². The zero-order chi connectivity index (χ0) is 16.3. The molecule has 2 heteroatoms. The number of hydrogen-bond acceptors (Lipinski definition) is 2. The highest BCUT2D eigenvalue weighted by atomic mass is 15.1. The van der Waals surface area contributed by atoms with Crippen LogP contribution in [0, 0.1) is 16.7 Å². The molecule has 1 aliphatic carbocycles. The highest BCUT2D eigenvalue weighted by Gasteiger charge is 2.37. The highest BCUT2D eigenvalue weighted by Crippen LogP contribution is 2.40. The summed E-state index contributed by atoms with van der Waals surface area (Å²) in [7, 11) is 2.31. The van der Waals surface area contributed by atoms with Gasteiger partial charge >= 0.3 is 0 Å². The monoisotopic (exact) mass is 296 g/mol. The first-order valence-corrected chi connectivity index (χ1v) is 8.84. The molecule has 126 valence electrons. The summed E-state index contributed by atoms with van der Waals surface area (Å²) in [5, 5.41) is 3.79. The van der Waals surface area contributed by atoms with Crippen LogP contribution in [0.15, 0.2) is 0 Å². The van der Waals surface area contributed by atoms with Gasteiger partial charge in [-0.3, -0.25) is 0 Å². The van der Waals surface area contributed by atoms with E-state index in [0.29, 0.717) is 10.8 Å². The fourth-order valence-corrected chi connectivity index (χ4v) is 4.02. The fraction of sp³-hybridized carbons (Fsp3) is 1.00. The summed E-state index contributed by atoms with van der Waals surface area (Å²) in [6, 6.07) is 0. The fourth-order valence-electron chi connectivity index (χ4n) is 4.02. The zero-order valence-electron chi connectivity index (χ0n) is 16.0. The Bertz CT molecular complexity index is 311. The lowest BCUT2D eigenvalue weighted by Crippen LogP contribution is -2.50. The minimum absolute atomic E-state index is 0.219. The largest absolute Gasteiger partial charge is 0.311 e. The van der Waals surface area contributed by atoms with Gasteiger partial charge in [-0.05, 0) is 57.4 Å². The van der Waals surface area contributed by atoms with Crippen molar-refractivity contribution in [3.05, 3.63) is 0 Å². The molecule has 0 saturated heterocycles. The van der Waals surface area contributed by atoms with Crippen LogP contribution in [-0.2, 0) is 0 Å². The van der Waals surface area contributed by atoms with Gasteiger partial charge in [0.2, 0.25) is 0 Å². The van der Waals surface area contributed by atoms with E-state index >= 15 is 0 Å². The molecule has 1 aliphatic rings. The van der Waals surface area contributed by atoms with E-state index in [1.165, 1.54) is 38.8 Å². The third-order valence-corrected chi connectivity index (χ3v) is 4.53. The summed E-state index contributed by atoms with van der Waals surface area (Å²) in [6.45, 7) is 19.9. The molecule has 0 aliphatic heterocycles. The Morgan fingerprint density at radius 1 is 1.14 bits per heavy atom. The van der Waals surface area contributed by atoms with Gasteiger partial charge in [0, 0.05) is 25.2 Å². The maximum absolute atomic E-state index is 3.79. The van der Waals surface area contributed by atoms with Crippen LogP contribution in [0.4, 0.5) is 0 Å². The summed E-state index contributed by atoms with van der Waals surface area (Å²) in [6.07, 6.45) is 5.58. The molecule has 2 atom stereocenters. The van der Waals surface area contributed by atoms with Gasteiger partial charge in [-0.1, -0.05) is 40.5 Å². The Hall–Kier alpha value is -0.0800. The second-order valence-corrected chi connectivity index (χ2v) is 10.0. The lowest BCUT2D eigenvalue weighted by atomic mass is 9.69. The molecule has 2 nitrogen and oxygen atoms in total. The molecule has 1 rings (SSSR count). The van der Waals surface area contributed by atoms with Crippen LogP contribution in [0.1, 0.15) is 74.1 Å². The topological polar surface area (TPSA) is 15.3 Å². The quantitative estimate of drug-likeness (QED) is 0.800. The Morgan fingerprint density at radius 2 is 1.76 bits per heavy atom. The lowest BCUT2D eigenvalue weighted by molar-refractivity contribution is 0.0712. The Labute approximate surface area is 134 Å². The van der Waals surface area contributed by atoms with Gasteiger partial charge in [-0.15, -0.1) is 0 Å². The molecule has 1 saturated carbocycles. The first kappa shape index (κ1) is 19.0. The van der Waals surface area contributed by atoms with Gasteiger partial charge in [0.25, 0.3) is 0 Å². The van der Waals surface area contributed by atoms with Crippen molar-refractivity contribution >= 4 is 0 Å². The predicted molar refractivity (Wildman–Crippen MR) is 94.8 cm³/mol. The van der Waals surface area contributed by atoms with E-state index in [-0.39, 0.29) is 5.54 Å². The Balaban J connectivity index is 2.72. The molecule has 0 aromatic carbocycles. The summed E-state index contributed by atoms with van der Waals surface area (Å²) in [5.74, 6) is 0.878. The summed E-state index contributed by atoms with van der Waals surface area (Å²) in [5.41, 5.74) is 1.06. The Kier molecular flexibility index (Phi) is 6.32. The van der Waals surface area contributed by atoms with E-state index in [1.807, 2.05) is 0 Å². The second kappa shape index (κ2) is 7.00. The van der Waals surface area contributed by atoms with Gasteiger partial charge in [0.1, 0.15) is 0 Å². The van der Waals surface area contributed by atoms with Crippen molar-refractivity contribution in [2.24, 2.45) is 16.7 Å². The van der Waals surface area contributed by atoms with Crippen LogP contribution in [-0.4, -0.2) is 37.1 Å². The van der Waals surface area contributed by atoms with E-state index in [2.05, 4.69) is 65.7 Å².